The molecule has 0 aromatic heterocycles. The molecule has 0 N–H and O–H groups in total. The summed E-state index contributed by atoms with van der Waals surface area (Å²) < 4.78 is 11.5. The Balaban J connectivity index is 3.26. The molecule has 80 valence electrons. The maximum Gasteiger partial charge on any atom is 0.419 e. The highest BCUT2D eigenvalue weighted by atomic mass is 31.1. The van der Waals surface area contributed by atoms with E-state index in [0.29, 0.717) is 11.7 Å². The second kappa shape index (κ2) is 4.67. The quantitative estimate of drug-likeness (QED) is 0.733. The van der Waals surface area contributed by atoms with E-state index in [4.69, 9.17) is 0 Å². The van der Waals surface area contributed by atoms with Crippen LogP contribution in [-0.2, 0) is 4.57 Å². The second-order valence-corrected chi connectivity index (χ2v) is 5.57. The largest absolute Gasteiger partial charge is 0.419 e. The van der Waals surface area contributed by atoms with Gasteiger partial charge in [-0.05, 0) is 38.8 Å². The molecule has 2 nitrogen and oxygen atoms in total. The van der Waals surface area contributed by atoms with Gasteiger partial charge in [-0.25, -0.2) is 4.79 Å². The number of hydrogen-bond donors (Lipinski definition) is 0. The first-order valence-corrected chi connectivity index (χ1v) is 6.48. The van der Waals surface area contributed by atoms with Gasteiger partial charge in [0.2, 0.25) is 0 Å². The van der Waals surface area contributed by atoms with Crippen molar-refractivity contribution in [3.63, 3.8) is 0 Å². The molecule has 3 heteroatoms. The smallest absolute Gasteiger partial charge is 0.234 e. The minimum absolute atomic E-state index is 0.206. The van der Waals surface area contributed by atoms with Gasteiger partial charge in [0.05, 0.1) is 5.56 Å². The first-order valence-electron chi connectivity index (χ1n) is 5.04. The highest BCUT2D eigenvalue weighted by molar-refractivity contribution is 7.64. The SMILES string of the molecule is CC[P+](=O)C(=O)c1c(C)cc(C)cc1C. The van der Waals surface area contributed by atoms with Crippen LogP contribution in [0.2, 0.25) is 0 Å². The van der Waals surface area contributed by atoms with E-state index >= 15 is 0 Å². The molecule has 0 aliphatic heterocycles. The van der Waals surface area contributed by atoms with Gasteiger partial charge in [-0.15, -0.1) is 0 Å². The number of hydrogen-bond acceptors (Lipinski definition) is 2. The first kappa shape index (κ1) is 12.1. The molecule has 1 atom stereocenters. The number of benzene rings is 1. The van der Waals surface area contributed by atoms with Crippen molar-refractivity contribution in [2.45, 2.75) is 27.7 Å². The third-order valence-corrected chi connectivity index (χ3v) is 3.66. The molecule has 1 rings (SSSR count). The lowest BCUT2D eigenvalue weighted by atomic mass is 10.0. The lowest BCUT2D eigenvalue weighted by Gasteiger charge is -2.04. The highest BCUT2D eigenvalue weighted by Crippen LogP contribution is 2.30. The average molecular weight is 223 g/mol. The fourth-order valence-corrected chi connectivity index (χ4v) is 2.67. The minimum Gasteiger partial charge on any atom is -0.234 e. The lowest BCUT2D eigenvalue weighted by molar-refractivity contribution is 0.107. The normalized spacial score (nSPS) is 11.3. The number of rotatable bonds is 3. The Kier molecular flexibility index (Phi) is 3.76. The molecule has 0 saturated carbocycles. The molecule has 0 fully saturated rings. The Morgan fingerprint density at radius 3 is 2.07 bits per heavy atom. The summed E-state index contributed by atoms with van der Waals surface area (Å²) in [5, 5.41) is 0. The van der Waals surface area contributed by atoms with Crippen LogP contribution in [0.25, 0.3) is 0 Å². The van der Waals surface area contributed by atoms with E-state index < -0.39 is 7.80 Å². The summed E-state index contributed by atoms with van der Waals surface area (Å²) >= 11 is 0. The molecule has 0 aliphatic carbocycles. The minimum atomic E-state index is -1.75. The Labute approximate surface area is 91.5 Å². The summed E-state index contributed by atoms with van der Waals surface area (Å²) in [5.74, 6) is 0. The standard InChI is InChI=1S/C12H16O2P/c1-5-15(14)12(13)11-9(3)6-8(2)7-10(11)4/h6-7H,5H2,1-4H3/q+1. The zero-order valence-corrected chi connectivity index (χ0v) is 10.5. The van der Waals surface area contributed by atoms with E-state index in [1.807, 2.05) is 32.9 Å². The summed E-state index contributed by atoms with van der Waals surface area (Å²) in [7, 11) is -1.75. The van der Waals surface area contributed by atoms with Crippen molar-refractivity contribution < 1.29 is 9.36 Å². The molecule has 0 aliphatic rings. The maximum absolute atomic E-state index is 11.8. The molecule has 1 unspecified atom stereocenters. The highest BCUT2D eigenvalue weighted by Gasteiger charge is 2.30. The molecule has 0 saturated heterocycles. The van der Waals surface area contributed by atoms with Crippen molar-refractivity contribution in [1.82, 2.24) is 0 Å². The average Bonchev–Trinajstić information content (AvgIpc) is 2.14. The number of carbonyl (C=O) groups is 1. The van der Waals surface area contributed by atoms with Crippen LogP contribution in [0.5, 0.6) is 0 Å². The Bertz CT molecular complexity index is 399. The third-order valence-electron chi connectivity index (χ3n) is 2.40. The summed E-state index contributed by atoms with van der Waals surface area (Å²) in [6, 6.07) is 3.91. The predicted octanol–water partition coefficient (Wildman–Crippen LogP) is 3.60. The van der Waals surface area contributed by atoms with Crippen LogP contribution in [0.3, 0.4) is 0 Å². The third kappa shape index (κ3) is 2.51. The van der Waals surface area contributed by atoms with Crippen molar-refractivity contribution >= 4 is 13.3 Å². The Morgan fingerprint density at radius 1 is 1.20 bits per heavy atom. The molecule has 0 radical (unpaired) electrons. The molecule has 1 aromatic carbocycles. The van der Waals surface area contributed by atoms with Gasteiger partial charge in [0.25, 0.3) is 0 Å². The van der Waals surface area contributed by atoms with Crippen LogP contribution < -0.4 is 0 Å². The maximum atomic E-state index is 11.8. The fourth-order valence-electron chi connectivity index (χ4n) is 1.79. The van der Waals surface area contributed by atoms with Gasteiger partial charge in [-0.3, -0.25) is 0 Å². The van der Waals surface area contributed by atoms with Crippen LogP contribution >= 0.6 is 7.80 Å². The zero-order valence-electron chi connectivity index (χ0n) is 9.63. The molecule has 0 amide bonds. The summed E-state index contributed by atoms with van der Waals surface area (Å²) in [6.07, 6.45) is 0.418. The Morgan fingerprint density at radius 2 is 1.67 bits per heavy atom. The van der Waals surface area contributed by atoms with Crippen molar-refractivity contribution in [2.75, 3.05) is 6.16 Å². The molecule has 0 bridgehead atoms. The molecule has 1 aromatic rings. The van der Waals surface area contributed by atoms with E-state index in [1.54, 1.807) is 6.92 Å². The van der Waals surface area contributed by atoms with E-state index in [2.05, 4.69) is 0 Å². The zero-order chi connectivity index (χ0) is 11.6. The van der Waals surface area contributed by atoms with Gasteiger partial charge < -0.3 is 0 Å². The molecule has 15 heavy (non-hydrogen) atoms. The predicted molar refractivity (Wildman–Crippen MR) is 63.1 cm³/mol. The molecule has 0 heterocycles. The van der Waals surface area contributed by atoms with Crippen molar-refractivity contribution in [3.8, 4) is 0 Å². The van der Waals surface area contributed by atoms with Gasteiger partial charge in [-0.2, -0.15) is 0 Å². The van der Waals surface area contributed by atoms with Crippen molar-refractivity contribution in [3.05, 3.63) is 34.4 Å². The van der Waals surface area contributed by atoms with E-state index in [1.165, 1.54) is 0 Å². The summed E-state index contributed by atoms with van der Waals surface area (Å²) in [4.78, 5) is 11.8. The molecule has 0 spiro atoms. The number of carbonyl (C=O) groups excluding carboxylic acids is 1. The van der Waals surface area contributed by atoms with Crippen molar-refractivity contribution in [2.24, 2.45) is 0 Å². The van der Waals surface area contributed by atoms with Gasteiger partial charge in [0.1, 0.15) is 0 Å². The topological polar surface area (TPSA) is 34.1 Å². The summed E-state index contributed by atoms with van der Waals surface area (Å²) in [6.45, 7) is 7.56. The van der Waals surface area contributed by atoms with Crippen LogP contribution in [0, 0.1) is 20.8 Å². The first-order chi connectivity index (χ1) is 6.97. The van der Waals surface area contributed by atoms with Crippen LogP contribution in [0.15, 0.2) is 12.1 Å². The van der Waals surface area contributed by atoms with E-state index in [9.17, 15) is 9.36 Å². The summed E-state index contributed by atoms with van der Waals surface area (Å²) in [5.41, 5.74) is 3.42. The van der Waals surface area contributed by atoms with Crippen LogP contribution in [0.4, 0.5) is 0 Å². The Hall–Kier alpha value is -1.01. The number of aryl methyl sites for hydroxylation is 3. The lowest BCUT2D eigenvalue weighted by Crippen LogP contribution is -2.01. The monoisotopic (exact) mass is 223 g/mol. The van der Waals surface area contributed by atoms with Gasteiger partial charge in [0, 0.05) is 0 Å². The fraction of sp³-hybridized carbons (Fsp3) is 0.417. The van der Waals surface area contributed by atoms with Crippen molar-refractivity contribution in [1.29, 1.82) is 0 Å². The second-order valence-electron chi connectivity index (χ2n) is 3.77. The van der Waals surface area contributed by atoms with Crippen LogP contribution in [0.1, 0.15) is 34.0 Å². The van der Waals surface area contributed by atoms with E-state index in [-0.39, 0.29) is 5.52 Å². The van der Waals surface area contributed by atoms with Gasteiger partial charge in [-0.1, -0.05) is 22.3 Å². The van der Waals surface area contributed by atoms with Gasteiger partial charge >= 0.3 is 13.3 Å². The molecular formula is C12H16O2P+. The van der Waals surface area contributed by atoms with Crippen LogP contribution in [-0.4, -0.2) is 11.7 Å². The van der Waals surface area contributed by atoms with Gasteiger partial charge in [0.15, 0.2) is 6.16 Å². The molecular weight excluding hydrogens is 207 g/mol. The van der Waals surface area contributed by atoms with E-state index in [0.717, 1.165) is 16.7 Å².